The summed E-state index contributed by atoms with van der Waals surface area (Å²) in [5.41, 5.74) is 0.583. The summed E-state index contributed by atoms with van der Waals surface area (Å²) in [4.78, 5) is 27.6. The first-order chi connectivity index (χ1) is 6.77. The molecule has 0 radical (unpaired) electrons. The van der Waals surface area contributed by atoms with E-state index in [0.29, 0.717) is 18.6 Å². The lowest BCUT2D eigenvalue weighted by Crippen LogP contribution is -2.06. The van der Waals surface area contributed by atoms with E-state index in [-0.39, 0.29) is 5.82 Å². The van der Waals surface area contributed by atoms with E-state index in [2.05, 4.69) is 9.97 Å². The van der Waals surface area contributed by atoms with Crippen molar-refractivity contribution in [1.82, 2.24) is 9.97 Å². The Hall–Kier alpha value is -1.91. The highest BCUT2D eigenvalue weighted by atomic mass is 16.5. The van der Waals surface area contributed by atoms with Crippen molar-refractivity contribution in [2.45, 2.75) is 6.92 Å². The number of aromatic amines is 1. The first-order valence-corrected chi connectivity index (χ1v) is 4.12. The molecule has 5 nitrogen and oxygen atoms in total. The van der Waals surface area contributed by atoms with Crippen molar-refractivity contribution >= 4 is 18.3 Å². The van der Waals surface area contributed by atoms with Crippen LogP contribution in [0, 0.1) is 0 Å². The second-order valence-electron chi connectivity index (χ2n) is 2.40. The van der Waals surface area contributed by atoms with Crippen LogP contribution in [0.4, 0.5) is 0 Å². The summed E-state index contributed by atoms with van der Waals surface area (Å²) in [6.45, 7) is 2.02. The van der Waals surface area contributed by atoms with E-state index in [0.717, 1.165) is 0 Å². The molecule has 1 aromatic heterocycles. The van der Waals surface area contributed by atoms with Crippen LogP contribution >= 0.6 is 0 Å². The van der Waals surface area contributed by atoms with Gasteiger partial charge in [0.1, 0.15) is 6.29 Å². The Kier molecular flexibility index (Phi) is 3.60. The molecule has 1 heterocycles. The molecule has 0 atom stereocenters. The van der Waals surface area contributed by atoms with Gasteiger partial charge in [0, 0.05) is 0 Å². The van der Waals surface area contributed by atoms with E-state index in [1.807, 2.05) is 0 Å². The van der Waals surface area contributed by atoms with Crippen LogP contribution in [0.2, 0.25) is 0 Å². The lowest BCUT2D eigenvalue weighted by atomic mass is 10.4. The first-order valence-electron chi connectivity index (χ1n) is 4.12. The van der Waals surface area contributed by atoms with Crippen molar-refractivity contribution in [2.75, 3.05) is 6.61 Å². The van der Waals surface area contributed by atoms with E-state index < -0.39 is 5.97 Å². The molecule has 0 unspecified atom stereocenters. The highest BCUT2D eigenvalue weighted by Crippen LogP contribution is 2.00. The third-order valence-electron chi connectivity index (χ3n) is 1.42. The highest BCUT2D eigenvalue weighted by Gasteiger charge is 2.09. The molecular formula is C9H10N2O3. The second kappa shape index (κ2) is 4.96. The average Bonchev–Trinajstić information content (AvgIpc) is 2.63. The van der Waals surface area contributed by atoms with Crippen molar-refractivity contribution in [2.24, 2.45) is 0 Å². The number of nitrogens with one attached hydrogen (secondary N) is 1. The number of nitrogens with zero attached hydrogens (tertiary/aromatic N) is 1. The number of ether oxygens (including phenoxy) is 1. The molecule has 0 fully saturated rings. The van der Waals surface area contributed by atoms with E-state index in [9.17, 15) is 9.59 Å². The Bertz CT molecular complexity index is 355. The first kappa shape index (κ1) is 10.2. The molecule has 0 aromatic carbocycles. The van der Waals surface area contributed by atoms with Gasteiger partial charge in [0.05, 0.1) is 18.5 Å². The SMILES string of the molecule is CCOC(=O)c1ncc(/C=C/C=O)[nH]1. The third kappa shape index (κ3) is 2.55. The van der Waals surface area contributed by atoms with Gasteiger partial charge in [-0.3, -0.25) is 4.79 Å². The zero-order chi connectivity index (χ0) is 10.4. The number of aldehydes is 1. The lowest BCUT2D eigenvalue weighted by Gasteiger charge is -1.95. The van der Waals surface area contributed by atoms with Gasteiger partial charge in [0.15, 0.2) is 0 Å². The fraction of sp³-hybridized carbons (Fsp3) is 0.222. The molecule has 1 rings (SSSR count). The van der Waals surface area contributed by atoms with Crippen molar-refractivity contribution in [3.05, 3.63) is 23.8 Å². The smallest absolute Gasteiger partial charge is 0.374 e. The van der Waals surface area contributed by atoms with Crippen LogP contribution in [-0.4, -0.2) is 28.8 Å². The third-order valence-corrected chi connectivity index (χ3v) is 1.42. The number of carbonyl (C=O) groups is 2. The second-order valence-corrected chi connectivity index (χ2v) is 2.40. The Morgan fingerprint density at radius 3 is 3.14 bits per heavy atom. The summed E-state index contributed by atoms with van der Waals surface area (Å²) in [6, 6.07) is 0. The summed E-state index contributed by atoms with van der Waals surface area (Å²) in [7, 11) is 0. The summed E-state index contributed by atoms with van der Waals surface area (Å²) in [5, 5.41) is 0. The number of aromatic nitrogens is 2. The molecule has 1 aromatic rings. The molecule has 0 spiro atoms. The molecule has 74 valence electrons. The normalized spacial score (nSPS) is 10.4. The number of hydrogen-bond donors (Lipinski definition) is 1. The van der Waals surface area contributed by atoms with Crippen molar-refractivity contribution in [3.8, 4) is 0 Å². The van der Waals surface area contributed by atoms with Gasteiger partial charge in [-0.05, 0) is 19.1 Å². The van der Waals surface area contributed by atoms with Crippen LogP contribution in [0.25, 0.3) is 6.08 Å². The van der Waals surface area contributed by atoms with E-state index in [1.54, 1.807) is 6.92 Å². The average molecular weight is 194 g/mol. The Balaban J connectivity index is 2.72. The maximum Gasteiger partial charge on any atom is 0.374 e. The largest absolute Gasteiger partial charge is 0.460 e. The van der Waals surface area contributed by atoms with Gasteiger partial charge in [-0.15, -0.1) is 0 Å². The van der Waals surface area contributed by atoms with Crippen molar-refractivity contribution in [3.63, 3.8) is 0 Å². The van der Waals surface area contributed by atoms with Crippen LogP contribution < -0.4 is 0 Å². The Labute approximate surface area is 80.8 Å². The number of carbonyl (C=O) groups excluding carboxylic acids is 2. The van der Waals surface area contributed by atoms with Crippen LogP contribution in [0.3, 0.4) is 0 Å². The van der Waals surface area contributed by atoms with Gasteiger partial charge in [-0.1, -0.05) is 0 Å². The molecule has 14 heavy (non-hydrogen) atoms. The summed E-state index contributed by atoms with van der Waals surface area (Å²) in [6.07, 6.45) is 4.92. The molecular weight excluding hydrogens is 184 g/mol. The number of hydrogen-bond acceptors (Lipinski definition) is 4. The van der Waals surface area contributed by atoms with E-state index in [1.165, 1.54) is 18.3 Å². The molecule has 0 amide bonds. The zero-order valence-electron chi connectivity index (χ0n) is 7.69. The molecule has 0 saturated carbocycles. The lowest BCUT2D eigenvalue weighted by molar-refractivity contribution is -0.104. The van der Waals surface area contributed by atoms with Crippen LogP contribution in [0.15, 0.2) is 12.3 Å². The summed E-state index contributed by atoms with van der Waals surface area (Å²) in [5.74, 6) is -0.365. The highest BCUT2D eigenvalue weighted by molar-refractivity contribution is 5.85. The fourth-order valence-electron chi connectivity index (χ4n) is 0.866. The predicted octanol–water partition coefficient (Wildman–Crippen LogP) is 0.798. The fourth-order valence-corrected chi connectivity index (χ4v) is 0.866. The van der Waals surface area contributed by atoms with Crippen LogP contribution in [0.1, 0.15) is 23.2 Å². The predicted molar refractivity (Wildman–Crippen MR) is 49.6 cm³/mol. The Morgan fingerprint density at radius 2 is 2.50 bits per heavy atom. The number of allylic oxidation sites excluding steroid dienone is 1. The number of H-pyrrole nitrogens is 1. The van der Waals surface area contributed by atoms with Gasteiger partial charge in [0.2, 0.25) is 5.82 Å². The van der Waals surface area contributed by atoms with Gasteiger partial charge < -0.3 is 9.72 Å². The Morgan fingerprint density at radius 1 is 1.71 bits per heavy atom. The van der Waals surface area contributed by atoms with Crippen molar-refractivity contribution in [1.29, 1.82) is 0 Å². The van der Waals surface area contributed by atoms with E-state index in [4.69, 9.17) is 4.74 Å². The van der Waals surface area contributed by atoms with Gasteiger partial charge in [-0.2, -0.15) is 0 Å². The number of rotatable bonds is 4. The molecule has 0 saturated heterocycles. The minimum Gasteiger partial charge on any atom is -0.460 e. The molecule has 0 aliphatic carbocycles. The summed E-state index contributed by atoms with van der Waals surface area (Å²) < 4.78 is 4.72. The molecule has 0 aliphatic heterocycles. The minimum atomic E-state index is -0.502. The molecule has 1 N–H and O–H groups in total. The van der Waals surface area contributed by atoms with Gasteiger partial charge in [0.25, 0.3) is 0 Å². The van der Waals surface area contributed by atoms with Crippen LogP contribution in [-0.2, 0) is 9.53 Å². The van der Waals surface area contributed by atoms with Gasteiger partial charge in [-0.25, -0.2) is 9.78 Å². The number of imidazole rings is 1. The van der Waals surface area contributed by atoms with E-state index >= 15 is 0 Å². The molecule has 5 heteroatoms. The summed E-state index contributed by atoms with van der Waals surface area (Å²) >= 11 is 0. The molecule has 0 bridgehead atoms. The zero-order valence-corrected chi connectivity index (χ0v) is 7.69. The molecule has 0 aliphatic rings. The minimum absolute atomic E-state index is 0.136. The van der Waals surface area contributed by atoms with Crippen LogP contribution in [0.5, 0.6) is 0 Å². The van der Waals surface area contributed by atoms with Crippen molar-refractivity contribution < 1.29 is 14.3 Å². The standard InChI is InChI=1S/C9H10N2O3/c1-2-14-9(13)8-10-6-7(11-8)4-3-5-12/h3-6H,2H2,1H3,(H,10,11)/b4-3+. The number of esters is 1. The van der Waals surface area contributed by atoms with Gasteiger partial charge >= 0.3 is 5.97 Å². The maximum absolute atomic E-state index is 11.1. The maximum atomic E-state index is 11.1. The topological polar surface area (TPSA) is 72.0 Å². The monoisotopic (exact) mass is 194 g/mol. The quantitative estimate of drug-likeness (QED) is 0.437.